The van der Waals surface area contributed by atoms with Crippen LogP contribution in [0.25, 0.3) is 0 Å². The second kappa shape index (κ2) is 7.85. The molecule has 0 amide bonds. The van der Waals surface area contributed by atoms with Gasteiger partial charge in [-0.05, 0) is 23.9 Å². The first-order valence-corrected chi connectivity index (χ1v) is 5.50. The van der Waals surface area contributed by atoms with Crippen molar-refractivity contribution in [3.63, 3.8) is 0 Å². The Bertz CT molecular complexity index is 226. The van der Waals surface area contributed by atoms with Crippen molar-refractivity contribution < 1.29 is 13.2 Å². The van der Waals surface area contributed by atoms with Gasteiger partial charge in [0.15, 0.2) is 0 Å². The number of halogens is 3. The summed E-state index contributed by atoms with van der Waals surface area (Å²) in [6, 6.07) is 1.14. The van der Waals surface area contributed by atoms with Gasteiger partial charge in [-0.1, -0.05) is 27.7 Å². The fraction of sp³-hybridized carbons (Fsp3) is 0.600. The molecule has 84 valence electrons. The summed E-state index contributed by atoms with van der Waals surface area (Å²) >= 11 is 0.731. The Hall–Kier alpha value is -0.510. The molecule has 0 fully saturated rings. The molecule has 0 aliphatic carbocycles. The number of hydrogen-bond donors (Lipinski definition) is 0. The fourth-order valence-electron chi connectivity index (χ4n) is 0.580. The number of aryl methyl sites for hydroxylation is 1. The summed E-state index contributed by atoms with van der Waals surface area (Å²) in [5.41, 5.74) is 0.664. The molecule has 0 aromatic carbocycles. The van der Waals surface area contributed by atoms with Crippen LogP contribution in [0.5, 0.6) is 0 Å². The Morgan fingerprint density at radius 3 is 1.64 bits per heavy atom. The summed E-state index contributed by atoms with van der Waals surface area (Å²) in [7, 11) is 0. The predicted octanol–water partition coefficient (Wildman–Crippen LogP) is 5.13. The third-order valence-electron chi connectivity index (χ3n) is 1.01. The minimum Gasteiger partial charge on any atom is -0.165 e. The Balaban J connectivity index is 0. The maximum absolute atomic E-state index is 11.8. The SMILES string of the molecule is CC.CC.Cc1csc(C(F)(F)F)c1. The topological polar surface area (TPSA) is 0 Å². The maximum atomic E-state index is 11.8. The van der Waals surface area contributed by atoms with E-state index in [2.05, 4.69) is 0 Å². The quantitative estimate of drug-likeness (QED) is 0.575. The predicted molar refractivity (Wildman–Crippen MR) is 56.8 cm³/mol. The summed E-state index contributed by atoms with van der Waals surface area (Å²) in [6.07, 6.45) is -4.17. The van der Waals surface area contributed by atoms with Crippen LogP contribution < -0.4 is 0 Å². The van der Waals surface area contributed by atoms with Crippen molar-refractivity contribution in [2.24, 2.45) is 0 Å². The highest BCUT2D eigenvalue weighted by atomic mass is 32.1. The van der Waals surface area contributed by atoms with Crippen molar-refractivity contribution in [3.05, 3.63) is 21.9 Å². The zero-order chi connectivity index (χ0) is 11.8. The van der Waals surface area contributed by atoms with Crippen LogP contribution in [0.2, 0.25) is 0 Å². The largest absolute Gasteiger partial charge is 0.425 e. The molecule has 0 nitrogen and oxygen atoms in total. The molecule has 0 atom stereocenters. The first kappa shape index (κ1) is 15.9. The zero-order valence-corrected chi connectivity index (χ0v) is 10.0. The molecule has 1 aromatic rings. The van der Waals surface area contributed by atoms with Gasteiger partial charge in [-0.3, -0.25) is 0 Å². The summed E-state index contributed by atoms with van der Waals surface area (Å²) in [4.78, 5) is -0.523. The van der Waals surface area contributed by atoms with E-state index in [0.29, 0.717) is 5.56 Å². The highest BCUT2D eigenvalue weighted by Crippen LogP contribution is 2.33. The van der Waals surface area contributed by atoms with Gasteiger partial charge in [0.25, 0.3) is 0 Å². The van der Waals surface area contributed by atoms with E-state index in [0.717, 1.165) is 17.4 Å². The molecule has 0 unspecified atom stereocenters. The molecule has 0 N–H and O–H groups in total. The number of thiophene rings is 1. The van der Waals surface area contributed by atoms with E-state index in [1.54, 1.807) is 6.92 Å². The molecule has 1 aromatic heterocycles. The Kier molecular flexibility index (Phi) is 8.94. The van der Waals surface area contributed by atoms with Crippen molar-refractivity contribution in [3.8, 4) is 0 Å². The number of rotatable bonds is 0. The van der Waals surface area contributed by atoms with E-state index < -0.39 is 11.1 Å². The third-order valence-corrected chi connectivity index (χ3v) is 2.10. The second-order valence-corrected chi connectivity index (χ2v) is 2.90. The normalized spacial score (nSPS) is 9.43. The molecule has 0 spiro atoms. The highest BCUT2D eigenvalue weighted by molar-refractivity contribution is 7.10. The van der Waals surface area contributed by atoms with Gasteiger partial charge in [0.2, 0.25) is 0 Å². The average Bonchev–Trinajstić information content (AvgIpc) is 2.58. The van der Waals surface area contributed by atoms with Crippen molar-refractivity contribution in [1.82, 2.24) is 0 Å². The third kappa shape index (κ3) is 6.02. The van der Waals surface area contributed by atoms with E-state index >= 15 is 0 Å². The number of hydrogen-bond acceptors (Lipinski definition) is 1. The van der Waals surface area contributed by atoms with E-state index in [4.69, 9.17) is 0 Å². The van der Waals surface area contributed by atoms with Gasteiger partial charge in [0.1, 0.15) is 4.88 Å². The lowest BCUT2D eigenvalue weighted by atomic mass is 10.3. The maximum Gasteiger partial charge on any atom is 0.425 e. The molecule has 0 saturated heterocycles. The summed E-state index contributed by atoms with van der Waals surface area (Å²) in [5, 5.41) is 1.49. The van der Waals surface area contributed by atoms with Crippen LogP contribution in [0.15, 0.2) is 11.4 Å². The van der Waals surface area contributed by atoms with Gasteiger partial charge < -0.3 is 0 Å². The molecule has 14 heavy (non-hydrogen) atoms. The van der Waals surface area contributed by atoms with Gasteiger partial charge in [-0.25, -0.2) is 0 Å². The van der Waals surface area contributed by atoms with E-state index in [1.165, 1.54) is 5.38 Å². The average molecular weight is 226 g/mol. The standard InChI is InChI=1S/C6H5F3S.2C2H6/c1-4-2-5(10-3-4)6(7,8)9;2*1-2/h2-3H,1H3;2*1-2H3. The van der Waals surface area contributed by atoms with Crippen LogP contribution in [0.1, 0.15) is 38.1 Å². The summed E-state index contributed by atoms with van der Waals surface area (Å²) in [5.74, 6) is 0. The first-order chi connectivity index (χ1) is 6.50. The smallest absolute Gasteiger partial charge is 0.165 e. The van der Waals surface area contributed by atoms with Crippen LogP contribution in [0.4, 0.5) is 13.2 Å². The molecule has 4 heteroatoms. The van der Waals surface area contributed by atoms with Gasteiger partial charge in [0, 0.05) is 0 Å². The summed E-state index contributed by atoms with van der Waals surface area (Å²) in [6.45, 7) is 9.64. The second-order valence-electron chi connectivity index (χ2n) is 1.99. The highest BCUT2D eigenvalue weighted by Gasteiger charge is 2.31. The van der Waals surface area contributed by atoms with Gasteiger partial charge in [-0.2, -0.15) is 13.2 Å². The van der Waals surface area contributed by atoms with Crippen molar-refractivity contribution in [1.29, 1.82) is 0 Å². The lowest BCUT2D eigenvalue weighted by Gasteiger charge is -1.99. The molecule has 0 aliphatic rings. The van der Waals surface area contributed by atoms with Crippen LogP contribution >= 0.6 is 11.3 Å². The van der Waals surface area contributed by atoms with Crippen molar-refractivity contribution in [2.75, 3.05) is 0 Å². The molecule has 0 saturated carbocycles. The fourth-order valence-corrected chi connectivity index (χ4v) is 1.35. The van der Waals surface area contributed by atoms with E-state index in [-0.39, 0.29) is 0 Å². The lowest BCUT2D eigenvalue weighted by Crippen LogP contribution is -2.00. The molecular weight excluding hydrogens is 209 g/mol. The Morgan fingerprint density at radius 1 is 1.07 bits per heavy atom. The van der Waals surface area contributed by atoms with Crippen LogP contribution in [0.3, 0.4) is 0 Å². The van der Waals surface area contributed by atoms with Gasteiger partial charge in [-0.15, -0.1) is 11.3 Å². The molecule has 0 radical (unpaired) electrons. The molecular formula is C10H17F3S. The Labute approximate surface area is 87.8 Å². The number of alkyl halides is 3. The minimum absolute atomic E-state index is 0.523. The van der Waals surface area contributed by atoms with E-state index in [1.807, 2.05) is 27.7 Å². The zero-order valence-electron chi connectivity index (χ0n) is 9.20. The van der Waals surface area contributed by atoms with E-state index in [9.17, 15) is 13.2 Å². The van der Waals surface area contributed by atoms with Crippen molar-refractivity contribution >= 4 is 11.3 Å². The lowest BCUT2D eigenvalue weighted by molar-refractivity contribution is -0.134. The molecule has 1 heterocycles. The van der Waals surface area contributed by atoms with Crippen molar-refractivity contribution in [2.45, 2.75) is 40.8 Å². The van der Waals surface area contributed by atoms with Gasteiger partial charge >= 0.3 is 6.18 Å². The van der Waals surface area contributed by atoms with Crippen LogP contribution in [-0.2, 0) is 6.18 Å². The molecule has 0 aliphatic heterocycles. The van der Waals surface area contributed by atoms with Crippen LogP contribution in [-0.4, -0.2) is 0 Å². The minimum atomic E-state index is -4.17. The van der Waals surface area contributed by atoms with Crippen LogP contribution in [0, 0.1) is 6.92 Å². The first-order valence-electron chi connectivity index (χ1n) is 4.62. The molecule has 1 rings (SSSR count). The van der Waals surface area contributed by atoms with Gasteiger partial charge in [0.05, 0.1) is 0 Å². The molecule has 0 bridgehead atoms. The monoisotopic (exact) mass is 226 g/mol. The Morgan fingerprint density at radius 2 is 1.50 bits per heavy atom. The summed E-state index contributed by atoms with van der Waals surface area (Å²) < 4.78 is 35.4.